The molecule has 2 rings (SSSR count). The van der Waals surface area contributed by atoms with Gasteiger partial charge in [0.05, 0.1) is 0 Å². The number of carbonyl (C=O) groups is 1. The van der Waals surface area contributed by atoms with Crippen LogP contribution in [0.15, 0.2) is 28.8 Å². The summed E-state index contributed by atoms with van der Waals surface area (Å²) >= 11 is 0. The molecule has 1 aromatic heterocycles. The van der Waals surface area contributed by atoms with Crippen molar-refractivity contribution in [3.05, 3.63) is 52.7 Å². The zero-order chi connectivity index (χ0) is 13.1. The zero-order valence-electron chi connectivity index (χ0n) is 10.4. The maximum atomic E-state index is 12.8. The summed E-state index contributed by atoms with van der Waals surface area (Å²) in [6.45, 7) is 3.26. The molecule has 3 nitrogen and oxygen atoms in total. The molecule has 0 aliphatic heterocycles. The van der Waals surface area contributed by atoms with Crippen LogP contribution in [0.3, 0.4) is 0 Å². The molecule has 0 spiro atoms. The molecule has 0 fully saturated rings. The largest absolute Gasteiger partial charge is 0.361 e. The van der Waals surface area contributed by atoms with Crippen molar-refractivity contribution in [3.8, 4) is 0 Å². The summed E-state index contributed by atoms with van der Waals surface area (Å²) in [6.07, 6.45) is 1.39. The molecule has 0 unspecified atom stereocenters. The molecular formula is C14H14FNO2. The zero-order valence-corrected chi connectivity index (χ0v) is 10.4. The van der Waals surface area contributed by atoms with Gasteiger partial charge in [-0.05, 0) is 37.5 Å². The Morgan fingerprint density at radius 2 is 1.94 bits per heavy atom. The number of nitrogens with zero attached hydrogens (tertiary/aromatic N) is 1. The van der Waals surface area contributed by atoms with Gasteiger partial charge in [0.15, 0.2) is 11.5 Å². The van der Waals surface area contributed by atoms with Gasteiger partial charge in [-0.15, -0.1) is 0 Å². The monoisotopic (exact) mass is 247 g/mol. The van der Waals surface area contributed by atoms with Crippen molar-refractivity contribution in [1.82, 2.24) is 5.16 Å². The Morgan fingerprint density at radius 3 is 2.56 bits per heavy atom. The van der Waals surface area contributed by atoms with Crippen LogP contribution in [0.1, 0.15) is 34.3 Å². The van der Waals surface area contributed by atoms with Crippen molar-refractivity contribution in [2.24, 2.45) is 0 Å². The molecule has 94 valence electrons. The molecule has 2 aromatic rings. The molecule has 0 atom stereocenters. The number of aryl methyl sites for hydroxylation is 2. The fourth-order valence-electron chi connectivity index (χ4n) is 1.88. The number of carbonyl (C=O) groups excluding carboxylic acids is 1. The van der Waals surface area contributed by atoms with Crippen LogP contribution in [-0.2, 0) is 12.8 Å². The van der Waals surface area contributed by atoms with Crippen LogP contribution >= 0.6 is 0 Å². The van der Waals surface area contributed by atoms with Gasteiger partial charge in [-0.2, -0.15) is 0 Å². The Kier molecular flexibility index (Phi) is 3.55. The Balaban J connectivity index is 2.12. The number of halogens is 1. The van der Waals surface area contributed by atoms with Crippen LogP contribution in [0.5, 0.6) is 0 Å². The van der Waals surface area contributed by atoms with E-state index in [1.165, 1.54) is 19.1 Å². The number of ketones is 1. The Bertz CT molecular complexity index is 558. The van der Waals surface area contributed by atoms with E-state index in [9.17, 15) is 9.18 Å². The van der Waals surface area contributed by atoms with E-state index in [1.807, 2.05) is 0 Å². The molecule has 18 heavy (non-hydrogen) atoms. The topological polar surface area (TPSA) is 43.1 Å². The van der Waals surface area contributed by atoms with Gasteiger partial charge in [-0.3, -0.25) is 4.79 Å². The van der Waals surface area contributed by atoms with E-state index >= 15 is 0 Å². The van der Waals surface area contributed by atoms with Crippen molar-refractivity contribution in [2.75, 3.05) is 0 Å². The van der Waals surface area contributed by atoms with Crippen LogP contribution in [0.4, 0.5) is 4.39 Å². The molecule has 0 N–H and O–H groups in total. The average molecular weight is 247 g/mol. The van der Waals surface area contributed by atoms with Gasteiger partial charge < -0.3 is 4.52 Å². The van der Waals surface area contributed by atoms with Gasteiger partial charge in [-0.1, -0.05) is 17.3 Å². The Morgan fingerprint density at radius 1 is 1.28 bits per heavy atom. The molecule has 0 radical (unpaired) electrons. The number of hydrogen-bond donors (Lipinski definition) is 0. The van der Waals surface area contributed by atoms with Crippen molar-refractivity contribution in [2.45, 2.75) is 26.7 Å². The predicted molar refractivity (Wildman–Crippen MR) is 65.1 cm³/mol. The van der Waals surface area contributed by atoms with E-state index in [2.05, 4.69) is 5.16 Å². The Hall–Kier alpha value is -1.97. The lowest BCUT2D eigenvalue weighted by molar-refractivity contribution is 0.100. The van der Waals surface area contributed by atoms with Crippen LogP contribution in [0.2, 0.25) is 0 Å². The van der Waals surface area contributed by atoms with Crippen LogP contribution in [0, 0.1) is 12.7 Å². The van der Waals surface area contributed by atoms with Gasteiger partial charge in [0.1, 0.15) is 11.6 Å². The summed E-state index contributed by atoms with van der Waals surface area (Å²) < 4.78 is 17.8. The molecule has 0 saturated heterocycles. The molecule has 0 aliphatic rings. The highest BCUT2D eigenvalue weighted by molar-refractivity contribution is 5.93. The van der Waals surface area contributed by atoms with Crippen molar-refractivity contribution in [1.29, 1.82) is 0 Å². The summed E-state index contributed by atoms with van der Waals surface area (Å²) in [6, 6.07) is 6.35. The maximum Gasteiger partial charge on any atom is 0.181 e. The molecule has 1 aromatic carbocycles. The SMILES string of the molecule is CC(=O)c1noc(C)c1CCc1ccc(F)cc1. The fourth-order valence-corrected chi connectivity index (χ4v) is 1.88. The van der Waals surface area contributed by atoms with E-state index in [-0.39, 0.29) is 11.6 Å². The number of benzene rings is 1. The van der Waals surface area contributed by atoms with E-state index in [4.69, 9.17) is 4.52 Å². The third-order valence-electron chi connectivity index (χ3n) is 2.90. The lowest BCUT2D eigenvalue weighted by Crippen LogP contribution is -2.01. The summed E-state index contributed by atoms with van der Waals surface area (Å²) in [5, 5.41) is 3.76. The second kappa shape index (κ2) is 5.12. The van der Waals surface area contributed by atoms with E-state index in [0.717, 1.165) is 17.5 Å². The molecule has 1 heterocycles. The van der Waals surface area contributed by atoms with E-state index < -0.39 is 0 Å². The predicted octanol–water partition coefficient (Wildman–Crippen LogP) is 3.11. The minimum atomic E-state index is -0.246. The van der Waals surface area contributed by atoms with Gasteiger partial charge in [-0.25, -0.2) is 4.39 Å². The highest BCUT2D eigenvalue weighted by Crippen LogP contribution is 2.17. The quantitative estimate of drug-likeness (QED) is 0.780. The first-order valence-electron chi connectivity index (χ1n) is 5.78. The van der Waals surface area contributed by atoms with E-state index in [0.29, 0.717) is 17.9 Å². The molecule has 0 bridgehead atoms. The first kappa shape index (κ1) is 12.5. The smallest absolute Gasteiger partial charge is 0.181 e. The van der Waals surface area contributed by atoms with Gasteiger partial charge >= 0.3 is 0 Å². The molecule has 0 aliphatic carbocycles. The van der Waals surface area contributed by atoms with Crippen LogP contribution in [-0.4, -0.2) is 10.9 Å². The molecule has 0 saturated carbocycles. The normalized spacial score (nSPS) is 10.6. The van der Waals surface area contributed by atoms with Gasteiger partial charge in [0.2, 0.25) is 0 Å². The number of aromatic nitrogens is 1. The summed E-state index contributed by atoms with van der Waals surface area (Å²) in [4.78, 5) is 11.4. The third kappa shape index (κ3) is 2.64. The Labute approximate surface area is 105 Å². The third-order valence-corrected chi connectivity index (χ3v) is 2.90. The minimum Gasteiger partial charge on any atom is -0.361 e. The van der Waals surface area contributed by atoms with Crippen molar-refractivity contribution >= 4 is 5.78 Å². The molecule has 0 amide bonds. The molecule has 4 heteroatoms. The highest BCUT2D eigenvalue weighted by atomic mass is 19.1. The van der Waals surface area contributed by atoms with Gasteiger partial charge in [0.25, 0.3) is 0 Å². The van der Waals surface area contributed by atoms with Crippen LogP contribution in [0.25, 0.3) is 0 Å². The number of rotatable bonds is 4. The number of Topliss-reactive ketones (excluding diaryl/α,β-unsaturated/α-hetero) is 1. The summed E-state index contributed by atoms with van der Waals surface area (Å²) in [7, 11) is 0. The van der Waals surface area contributed by atoms with Crippen molar-refractivity contribution < 1.29 is 13.7 Å². The highest BCUT2D eigenvalue weighted by Gasteiger charge is 2.16. The standard InChI is InChI=1S/C14H14FNO2/c1-9(17)14-13(10(2)18-16-14)8-5-11-3-6-12(15)7-4-11/h3-4,6-7H,5,8H2,1-2H3. The summed E-state index contributed by atoms with van der Waals surface area (Å²) in [5.41, 5.74) is 2.26. The van der Waals surface area contributed by atoms with Gasteiger partial charge in [0, 0.05) is 12.5 Å². The van der Waals surface area contributed by atoms with Crippen LogP contribution < -0.4 is 0 Å². The second-order valence-corrected chi connectivity index (χ2v) is 4.25. The first-order chi connectivity index (χ1) is 8.58. The first-order valence-corrected chi connectivity index (χ1v) is 5.78. The average Bonchev–Trinajstić information content (AvgIpc) is 2.70. The molecular weight excluding hydrogens is 233 g/mol. The fraction of sp³-hybridized carbons (Fsp3) is 0.286. The lowest BCUT2D eigenvalue weighted by atomic mass is 10.0. The van der Waals surface area contributed by atoms with Crippen molar-refractivity contribution in [3.63, 3.8) is 0 Å². The maximum absolute atomic E-state index is 12.8. The summed E-state index contributed by atoms with van der Waals surface area (Å²) in [5.74, 6) is 0.326. The minimum absolute atomic E-state index is 0.0963. The lowest BCUT2D eigenvalue weighted by Gasteiger charge is -2.01. The number of hydrogen-bond acceptors (Lipinski definition) is 3. The van der Waals surface area contributed by atoms with E-state index in [1.54, 1.807) is 19.1 Å². The second-order valence-electron chi connectivity index (χ2n) is 4.25.